The zero-order valence-corrected chi connectivity index (χ0v) is 19.9. The van der Waals surface area contributed by atoms with Crippen molar-refractivity contribution in [1.82, 2.24) is 14.5 Å². The van der Waals surface area contributed by atoms with Crippen LogP contribution >= 0.6 is 23.1 Å². The summed E-state index contributed by atoms with van der Waals surface area (Å²) in [5.41, 5.74) is 0.293. The van der Waals surface area contributed by atoms with Crippen LogP contribution in [0.25, 0.3) is 0 Å². The summed E-state index contributed by atoms with van der Waals surface area (Å²) in [6, 6.07) is 6.54. The fourth-order valence-electron chi connectivity index (χ4n) is 3.40. The minimum absolute atomic E-state index is 0.000592. The summed E-state index contributed by atoms with van der Waals surface area (Å²) >= 11 is 2.60. The van der Waals surface area contributed by atoms with Crippen molar-refractivity contribution in [3.63, 3.8) is 0 Å². The van der Waals surface area contributed by atoms with Gasteiger partial charge in [-0.05, 0) is 25.0 Å². The van der Waals surface area contributed by atoms with Crippen LogP contribution in [0.2, 0.25) is 0 Å². The first-order chi connectivity index (χ1) is 14.9. The van der Waals surface area contributed by atoms with Gasteiger partial charge >= 0.3 is 0 Å². The minimum atomic E-state index is -3.71. The van der Waals surface area contributed by atoms with Crippen molar-refractivity contribution in [3.05, 3.63) is 36.9 Å². The number of hydrogen-bond donors (Lipinski definition) is 2. The molecular formula is C20H27N5O3S3. The van der Waals surface area contributed by atoms with Gasteiger partial charge in [0.05, 0.1) is 11.4 Å². The van der Waals surface area contributed by atoms with Crippen LogP contribution in [0.15, 0.2) is 46.2 Å². The van der Waals surface area contributed by atoms with E-state index in [9.17, 15) is 13.2 Å². The Morgan fingerprint density at radius 1 is 1.29 bits per heavy atom. The Bertz CT molecular complexity index is 1000. The highest BCUT2D eigenvalue weighted by Crippen LogP contribution is 2.30. The molecule has 1 amide bonds. The van der Waals surface area contributed by atoms with Gasteiger partial charge in [0.2, 0.25) is 21.1 Å². The Labute approximate surface area is 191 Å². The molecule has 11 heteroatoms. The summed E-state index contributed by atoms with van der Waals surface area (Å²) in [7, 11) is -2.08. The maximum atomic E-state index is 13.2. The Balaban J connectivity index is 1.65. The number of carbonyl (C=O) groups excluding carboxylic acids is 1. The van der Waals surface area contributed by atoms with Crippen molar-refractivity contribution in [2.75, 3.05) is 30.0 Å². The SMILES string of the molecule is C=CCNc1nnc(SCC(=O)Nc2ccccc2S(=O)(=O)N(C)C2CCCCC2)s1. The first-order valence-electron chi connectivity index (χ1n) is 10.1. The van der Waals surface area contributed by atoms with Gasteiger partial charge in [-0.15, -0.1) is 16.8 Å². The van der Waals surface area contributed by atoms with Gasteiger partial charge in [0.1, 0.15) is 4.90 Å². The standard InChI is InChI=1S/C20H27N5O3S3/c1-3-13-21-19-23-24-20(30-19)29-14-18(26)22-16-11-7-8-12-17(16)31(27,28)25(2)15-9-5-4-6-10-15/h3,7-8,11-12,15H,1,4-6,9-10,13-14H2,2H3,(H,21,23)(H,22,26). The number of aromatic nitrogens is 2. The summed E-state index contributed by atoms with van der Waals surface area (Å²) in [6.07, 6.45) is 6.68. The van der Waals surface area contributed by atoms with Crippen molar-refractivity contribution >= 4 is 49.8 Å². The van der Waals surface area contributed by atoms with Crippen molar-refractivity contribution < 1.29 is 13.2 Å². The molecule has 0 atom stereocenters. The summed E-state index contributed by atoms with van der Waals surface area (Å²) in [6.45, 7) is 4.22. The maximum absolute atomic E-state index is 13.2. The lowest BCUT2D eigenvalue weighted by molar-refractivity contribution is -0.113. The average molecular weight is 482 g/mol. The highest BCUT2D eigenvalue weighted by Gasteiger charge is 2.31. The molecule has 1 aromatic carbocycles. The zero-order chi connectivity index (χ0) is 22.3. The van der Waals surface area contributed by atoms with Crippen molar-refractivity contribution in [3.8, 4) is 0 Å². The molecule has 0 spiro atoms. The highest BCUT2D eigenvalue weighted by atomic mass is 32.2. The van der Waals surface area contributed by atoms with E-state index in [-0.39, 0.29) is 22.6 Å². The molecule has 1 aromatic heterocycles. The van der Waals surface area contributed by atoms with Gasteiger partial charge in [0.25, 0.3) is 0 Å². The van der Waals surface area contributed by atoms with Gasteiger partial charge in [-0.1, -0.05) is 60.6 Å². The van der Waals surface area contributed by atoms with Crippen LogP contribution in [-0.2, 0) is 14.8 Å². The summed E-state index contributed by atoms with van der Waals surface area (Å²) in [4.78, 5) is 12.6. The Morgan fingerprint density at radius 3 is 2.77 bits per heavy atom. The Morgan fingerprint density at radius 2 is 2.03 bits per heavy atom. The van der Waals surface area contributed by atoms with E-state index < -0.39 is 10.0 Å². The second kappa shape index (κ2) is 11.1. The summed E-state index contributed by atoms with van der Waals surface area (Å²) in [5.74, 6) is -0.202. The van der Waals surface area contributed by atoms with Crippen LogP contribution in [-0.4, -0.2) is 54.2 Å². The summed E-state index contributed by atoms with van der Waals surface area (Å²) in [5, 5.41) is 14.5. The minimum Gasteiger partial charge on any atom is -0.357 e. The molecule has 1 aliphatic rings. The van der Waals surface area contributed by atoms with E-state index in [0.717, 1.165) is 32.1 Å². The number of sulfonamides is 1. The van der Waals surface area contributed by atoms with Gasteiger partial charge in [-0.25, -0.2) is 8.42 Å². The number of nitrogens with one attached hydrogen (secondary N) is 2. The average Bonchev–Trinajstić information content (AvgIpc) is 3.24. The van der Waals surface area contributed by atoms with E-state index in [0.29, 0.717) is 21.7 Å². The molecule has 2 aromatic rings. The molecular weight excluding hydrogens is 454 g/mol. The van der Waals surface area contributed by atoms with E-state index in [1.54, 1.807) is 37.4 Å². The maximum Gasteiger partial charge on any atom is 0.245 e. The molecule has 1 heterocycles. The molecule has 31 heavy (non-hydrogen) atoms. The van der Waals surface area contributed by atoms with Crippen LogP contribution in [0.4, 0.5) is 10.8 Å². The third-order valence-electron chi connectivity index (χ3n) is 5.04. The lowest BCUT2D eigenvalue weighted by Gasteiger charge is -2.30. The largest absolute Gasteiger partial charge is 0.357 e. The quantitative estimate of drug-likeness (QED) is 0.393. The first-order valence-corrected chi connectivity index (χ1v) is 13.3. The fourth-order valence-corrected chi connectivity index (χ4v) is 6.52. The number of carbonyl (C=O) groups is 1. The molecule has 1 saturated carbocycles. The summed E-state index contributed by atoms with van der Waals surface area (Å²) < 4.78 is 28.6. The van der Waals surface area contributed by atoms with Crippen molar-refractivity contribution in [1.29, 1.82) is 0 Å². The molecule has 0 radical (unpaired) electrons. The number of benzene rings is 1. The number of nitrogens with zero attached hydrogens (tertiary/aromatic N) is 3. The lowest BCUT2D eigenvalue weighted by Crippen LogP contribution is -2.38. The molecule has 3 rings (SSSR count). The molecule has 168 valence electrons. The van der Waals surface area contributed by atoms with Gasteiger partial charge < -0.3 is 10.6 Å². The van der Waals surface area contributed by atoms with Crippen molar-refractivity contribution in [2.45, 2.75) is 47.4 Å². The Kier molecular flexibility index (Phi) is 8.47. The van der Waals surface area contributed by atoms with E-state index in [1.165, 1.54) is 27.4 Å². The van der Waals surface area contributed by atoms with Gasteiger partial charge in [0, 0.05) is 19.6 Å². The first kappa shape index (κ1) is 23.7. The fraction of sp³-hybridized carbons (Fsp3) is 0.450. The van der Waals surface area contributed by atoms with Gasteiger partial charge in [-0.3, -0.25) is 4.79 Å². The molecule has 8 nitrogen and oxygen atoms in total. The molecule has 2 N–H and O–H groups in total. The predicted molar refractivity (Wildman–Crippen MR) is 126 cm³/mol. The second-order valence-corrected chi connectivity index (χ2v) is 11.4. The van der Waals surface area contributed by atoms with Crippen LogP contribution < -0.4 is 10.6 Å². The van der Waals surface area contributed by atoms with E-state index in [4.69, 9.17) is 0 Å². The zero-order valence-electron chi connectivity index (χ0n) is 17.4. The van der Waals surface area contributed by atoms with Crippen LogP contribution in [0.5, 0.6) is 0 Å². The molecule has 0 bridgehead atoms. The van der Waals surface area contributed by atoms with Crippen molar-refractivity contribution in [2.24, 2.45) is 0 Å². The number of hydrogen-bond acceptors (Lipinski definition) is 8. The van der Waals surface area contributed by atoms with Gasteiger partial charge in [0.15, 0.2) is 4.34 Å². The molecule has 0 unspecified atom stereocenters. The van der Waals surface area contributed by atoms with E-state index >= 15 is 0 Å². The topological polar surface area (TPSA) is 104 Å². The van der Waals surface area contributed by atoms with E-state index in [2.05, 4.69) is 27.4 Å². The number of rotatable bonds is 10. The number of thioether (sulfide) groups is 1. The normalized spacial score (nSPS) is 15.0. The van der Waals surface area contributed by atoms with Crippen LogP contribution in [0.1, 0.15) is 32.1 Å². The molecule has 0 saturated heterocycles. The van der Waals surface area contributed by atoms with Crippen LogP contribution in [0.3, 0.4) is 0 Å². The monoisotopic (exact) mass is 481 g/mol. The Hall–Kier alpha value is -1.95. The third kappa shape index (κ3) is 6.28. The van der Waals surface area contributed by atoms with Gasteiger partial charge in [-0.2, -0.15) is 4.31 Å². The smallest absolute Gasteiger partial charge is 0.245 e. The number of anilines is 2. The highest BCUT2D eigenvalue weighted by molar-refractivity contribution is 8.01. The van der Waals surface area contributed by atoms with Crippen LogP contribution in [0, 0.1) is 0 Å². The lowest BCUT2D eigenvalue weighted by atomic mass is 9.96. The third-order valence-corrected chi connectivity index (χ3v) is 9.02. The molecule has 0 aliphatic heterocycles. The predicted octanol–water partition coefficient (Wildman–Crippen LogP) is 3.82. The number of para-hydroxylation sites is 1. The van der Waals surface area contributed by atoms with E-state index in [1.807, 2.05) is 0 Å². The second-order valence-electron chi connectivity index (χ2n) is 7.19. The molecule has 1 aliphatic carbocycles. The number of amides is 1. The molecule has 1 fully saturated rings.